The third-order valence-corrected chi connectivity index (χ3v) is 4.19. The predicted octanol–water partition coefficient (Wildman–Crippen LogP) is 2.16. The van der Waals surface area contributed by atoms with Crippen molar-refractivity contribution in [3.8, 4) is 0 Å². The van der Waals surface area contributed by atoms with Crippen LogP contribution in [0.5, 0.6) is 0 Å². The highest BCUT2D eigenvalue weighted by Gasteiger charge is 2.20. The molecule has 0 spiro atoms. The van der Waals surface area contributed by atoms with Crippen LogP contribution >= 0.6 is 0 Å². The van der Waals surface area contributed by atoms with Gasteiger partial charge in [-0.15, -0.1) is 0 Å². The molecule has 6 heteroatoms. The van der Waals surface area contributed by atoms with Crippen LogP contribution in [0, 0.1) is 0 Å². The number of primary amides is 1. The van der Waals surface area contributed by atoms with E-state index in [1.165, 1.54) is 0 Å². The molecule has 0 saturated carbocycles. The van der Waals surface area contributed by atoms with Gasteiger partial charge in [-0.25, -0.2) is 0 Å². The van der Waals surface area contributed by atoms with Gasteiger partial charge in [0.2, 0.25) is 11.8 Å². The fourth-order valence-electron chi connectivity index (χ4n) is 2.77. The second-order valence-corrected chi connectivity index (χ2v) is 6.01. The van der Waals surface area contributed by atoms with E-state index in [4.69, 9.17) is 5.73 Å². The van der Waals surface area contributed by atoms with Crippen LogP contribution in [-0.2, 0) is 11.3 Å². The molecular weight excluding hydrogens is 318 g/mol. The van der Waals surface area contributed by atoms with Crippen LogP contribution in [0.2, 0.25) is 0 Å². The summed E-state index contributed by atoms with van der Waals surface area (Å²) in [5.74, 6) is -0.568. The average molecular weight is 337 g/mol. The quantitative estimate of drug-likeness (QED) is 0.875. The van der Waals surface area contributed by atoms with Gasteiger partial charge in [0.25, 0.3) is 5.91 Å². The summed E-state index contributed by atoms with van der Waals surface area (Å²) in [6.45, 7) is 1.37. The lowest BCUT2D eigenvalue weighted by atomic mass is 10.1. The van der Waals surface area contributed by atoms with E-state index in [9.17, 15) is 14.4 Å². The van der Waals surface area contributed by atoms with Gasteiger partial charge in [-0.05, 0) is 48.4 Å². The van der Waals surface area contributed by atoms with Gasteiger partial charge in [0.15, 0.2) is 0 Å². The molecule has 3 rings (SSSR count). The SMILES string of the molecule is NC(=O)c1ccc(NC(=O)c2ccc(CN3CCCC3=O)cc2)cc1. The molecule has 1 saturated heterocycles. The number of nitrogens with two attached hydrogens (primary N) is 1. The van der Waals surface area contributed by atoms with E-state index >= 15 is 0 Å². The van der Waals surface area contributed by atoms with Crippen molar-refractivity contribution in [3.05, 3.63) is 65.2 Å². The van der Waals surface area contributed by atoms with Crippen LogP contribution in [0.3, 0.4) is 0 Å². The van der Waals surface area contributed by atoms with Gasteiger partial charge in [-0.1, -0.05) is 12.1 Å². The smallest absolute Gasteiger partial charge is 0.255 e. The van der Waals surface area contributed by atoms with Gasteiger partial charge in [0, 0.05) is 36.3 Å². The van der Waals surface area contributed by atoms with Crippen LogP contribution in [0.25, 0.3) is 0 Å². The molecule has 2 aromatic rings. The lowest BCUT2D eigenvalue weighted by molar-refractivity contribution is -0.128. The summed E-state index contributed by atoms with van der Waals surface area (Å²) in [6.07, 6.45) is 1.53. The monoisotopic (exact) mass is 337 g/mol. The first-order valence-electron chi connectivity index (χ1n) is 8.11. The van der Waals surface area contributed by atoms with Crippen molar-refractivity contribution in [2.75, 3.05) is 11.9 Å². The number of carbonyl (C=O) groups excluding carboxylic acids is 3. The molecule has 6 nitrogen and oxygen atoms in total. The first-order chi connectivity index (χ1) is 12.0. The Labute approximate surface area is 145 Å². The number of hydrogen-bond acceptors (Lipinski definition) is 3. The average Bonchev–Trinajstić information content (AvgIpc) is 3.01. The summed E-state index contributed by atoms with van der Waals surface area (Å²) in [6, 6.07) is 13.6. The number of carbonyl (C=O) groups is 3. The molecule has 1 aliphatic rings. The van der Waals surface area contributed by atoms with Crippen molar-refractivity contribution < 1.29 is 14.4 Å². The van der Waals surface area contributed by atoms with E-state index in [1.54, 1.807) is 36.4 Å². The van der Waals surface area contributed by atoms with Gasteiger partial charge in [0.05, 0.1) is 0 Å². The minimum atomic E-state index is -0.509. The van der Waals surface area contributed by atoms with Crippen LogP contribution in [0.4, 0.5) is 5.69 Å². The second kappa shape index (κ2) is 7.17. The maximum Gasteiger partial charge on any atom is 0.255 e. The first-order valence-corrected chi connectivity index (χ1v) is 8.11. The standard InChI is InChI=1S/C19H19N3O3/c20-18(24)14-7-9-16(10-8-14)21-19(25)15-5-3-13(4-6-15)12-22-11-1-2-17(22)23/h3-10H,1-2,11-12H2,(H2,20,24)(H,21,25). The number of anilines is 1. The highest BCUT2D eigenvalue weighted by atomic mass is 16.2. The van der Waals surface area contributed by atoms with Crippen LogP contribution < -0.4 is 11.1 Å². The third kappa shape index (κ3) is 4.03. The summed E-state index contributed by atoms with van der Waals surface area (Å²) in [4.78, 5) is 36.8. The van der Waals surface area contributed by atoms with Crippen LogP contribution in [-0.4, -0.2) is 29.2 Å². The molecule has 25 heavy (non-hydrogen) atoms. The van der Waals surface area contributed by atoms with Crippen LogP contribution in [0.1, 0.15) is 39.1 Å². The van der Waals surface area contributed by atoms with Gasteiger partial charge in [-0.2, -0.15) is 0 Å². The van der Waals surface area contributed by atoms with E-state index in [0.717, 1.165) is 18.5 Å². The lowest BCUT2D eigenvalue weighted by Crippen LogP contribution is -2.23. The van der Waals surface area contributed by atoms with Crippen molar-refractivity contribution >= 4 is 23.4 Å². The number of likely N-dealkylation sites (tertiary alicyclic amines) is 1. The summed E-state index contributed by atoms with van der Waals surface area (Å²) in [7, 11) is 0. The molecule has 0 atom stereocenters. The third-order valence-electron chi connectivity index (χ3n) is 4.19. The Hall–Kier alpha value is -3.15. The molecule has 3 N–H and O–H groups in total. The van der Waals surface area contributed by atoms with Gasteiger partial charge < -0.3 is 16.0 Å². The summed E-state index contributed by atoms with van der Waals surface area (Å²) in [5, 5.41) is 2.77. The molecule has 2 aromatic carbocycles. The number of nitrogens with one attached hydrogen (secondary N) is 1. The first kappa shape index (κ1) is 16.7. The van der Waals surface area contributed by atoms with E-state index in [-0.39, 0.29) is 11.8 Å². The minimum Gasteiger partial charge on any atom is -0.366 e. The molecule has 0 aromatic heterocycles. The summed E-state index contributed by atoms with van der Waals surface area (Å²) in [5.41, 5.74) is 7.68. The largest absolute Gasteiger partial charge is 0.366 e. The van der Waals surface area contributed by atoms with Crippen molar-refractivity contribution in [1.82, 2.24) is 4.90 Å². The number of amides is 3. The highest BCUT2D eigenvalue weighted by Crippen LogP contribution is 2.16. The topological polar surface area (TPSA) is 92.5 Å². The minimum absolute atomic E-state index is 0.182. The fraction of sp³-hybridized carbons (Fsp3) is 0.211. The zero-order valence-electron chi connectivity index (χ0n) is 13.7. The molecule has 128 valence electrons. The Morgan fingerprint density at radius 1 is 1.00 bits per heavy atom. The molecule has 0 radical (unpaired) electrons. The van der Waals surface area contributed by atoms with Crippen molar-refractivity contribution in [3.63, 3.8) is 0 Å². The molecule has 0 aliphatic carbocycles. The lowest BCUT2D eigenvalue weighted by Gasteiger charge is -2.15. The van der Waals surface area contributed by atoms with Crippen molar-refractivity contribution in [1.29, 1.82) is 0 Å². The van der Waals surface area contributed by atoms with E-state index in [0.29, 0.717) is 29.8 Å². The van der Waals surface area contributed by atoms with Crippen LogP contribution in [0.15, 0.2) is 48.5 Å². The predicted molar refractivity (Wildman–Crippen MR) is 94.0 cm³/mol. The zero-order chi connectivity index (χ0) is 17.8. The van der Waals surface area contributed by atoms with E-state index < -0.39 is 5.91 Å². The number of nitrogens with zero attached hydrogens (tertiary/aromatic N) is 1. The Balaban J connectivity index is 1.62. The molecule has 1 fully saturated rings. The molecule has 3 amide bonds. The molecular formula is C19H19N3O3. The van der Waals surface area contributed by atoms with Crippen molar-refractivity contribution in [2.45, 2.75) is 19.4 Å². The van der Waals surface area contributed by atoms with Gasteiger partial charge >= 0.3 is 0 Å². The molecule has 0 bridgehead atoms. The van der Waals surface area contributed by atoms with E-state index in [1.807, 2.05) is 17.0 Å². The zero-order valence-corrected chi connectivity index (χ0v) is 13.7. The summed E-state index contributed by atoms with van der Waals surface area (Å²) < 4.78 is 0. The van der Waals surface area contributed by atoms with E-state index in [2.05, 4.69) is 5.32 Å². The maximum absolute atomic E-state index is 12.3. The molecule has 1 aliphatic heterocycles. The maximum atomic E-state index is 12.3. The van der Waals surface area contributed by atoms with Gasteiger partial charge in [0.1, 0.15) is 0 Å². The number of rotatable bonds is 5. The second-order valence-electron chi connectivity index (χ2n) is 6.01. The van der Waals surface area contributed by atoms with Crippen molar-refractivity contribution in [2.24, 2.45) is 5.73 Å². The molecule has 1 heterocycles. The van der Waals surface area contributed by atoms with Gasteiger partial charge in [-0.3, -0.25) is 14.4 Å². The normalized spacial score (nSPS) is 13.8. The Kier molecular flexibility index (Phi) is 4.79. The Bertz CT molecular complexity index is 798. The fourth-order valence-corrected chi connectivity index (χ4v) is 2.77. The molecule has 0 unspecified atom stereocenters. The number of hydrogen-bond donors (Lipinski definition) is 2. The Morgan fingerprint density at radius 3 is 2.20 bits per heavy atom. The highest BCUT2D eigenvalue weighted by molar-refractivity contribution is 6.04. The Morgan fingerprint density at radius 2 is 1.64 bits per heavy atom. The summed E-state index contributed by atoms with van der Waals surface area (Å²) >= 11 is 0. The number of benzene rings is 2.